The van der Waals surface area contributed by atoms with Crippen LogP contribution >= 0.6 is 0 Å². The van der Waals surface area contributed by atoms with Crippen molar-refractivity contribution in [3.63, 3.8) is 0 Å². The van der Waals surface area contributed by atoms with Gasteiger partial charge in [-0.3, -0.25) is 0 Å². The lowest BCUT2D eigenvalue weighted by molar-refractivity contribution is -0.140. The molecule has 0 saturated heterocycles. The van der Waals surface area contributed by atoms with Crippen molar-refractivity contribution in [2.75, 3.05) is 13.2 Å². The van der Waals surface area contributed by atoms with E-state index < -0.39 is 11.9 Å². The summed E-state index contributed by atoms with van der Waals surface area (Å²) in [6, 6.07) is 0. The Labute approximate surface area is 148 Å². The Morgan fingerprint density at radius 2 is 1.00 bits per heavy atom. The predicted octanol–water partition coefficient (Wildman–Crippen LogP) is 5.06. The highest BCUT2D eigenvalue weighted by Crippen LogP contribution is 2.22. The fraction of sp³-hybridized carbons (Fsp3) is 0.800. The van der Waals surface area contributed by atoms with Crippen LogP contribution < -0.4 is 0 Å². The van der Waals surface area contributed by atoms with Crippen molar-refractivity contribution in [3.05, 3.63) is 12.2 Å². The molecule has 0 unspecified atom stereocenters. The van der Waals surface area contributed by atoms with Crippen LogP contribution in [0.2, 0.25) is 0 Å². The summed E-state index contributed by atoms with van der Waals surface area (Å²) in [5, 5.41) is 0. The van der Waals surface area contributed by atoms with E-state index in [2.05, 4.69) is 41.5 Å². The summed E-state index contributed by atoms with van der Waals surface area (Å²) in [5.74, 6) is -0.981. The molecule has 0 aromatic carbocycles. The molecule has 0 fully saturated rings. The molecule has 4 heteroatoms. The molecular weight excluding hydrogens is 304 g/mol. The highest BCUT2D eigenvalue weighted by molar-refractivity contribution is 5.91. The van der Waals surface area contributed by atoms with Crippen molar-refractivity contribution in [1.29, 1.82) is 0 Å². The number of ether oxygens (including phenoxy) is 2. The van der Waals surface area contributed by atoms with Crippen LogP contribution in [0, 0.1) is 10.8 Å². The number of rotatable bonds is 10. The first-order valence-electron chi connectivity index (χ1n) is 9.01. The second kappa shape index (κ2) is 11.3. The third kappa shape index (κ3) is 17.0. The minimum absolute atomic E-state index is 0.306. The van der Waals surface area contributed by atoms with Crippen molar-refractivity contribution in [1.82, 2.24) is 0 Å². The van der Waals surface area contributed by atoms with E-state index in [1.54, 1.807) is 0 Å². The second-order valence-electron chi connectivity index (χ2n) is 8.70. The number of esters is 2. The molecule has 0 aromatic heterocycles. The van der Waals surface area contributed by atoms with Gasteiger partial charge in [-0.2, -0.15) is 0 Å². The SMILES string of the molecule is CC(C)(C)CCCCOC(=O)/C=C/C(=O)OCCCCC(C)(C)C. The molecule has 24 heavy (non-hydrogen) atoms. The molecule has 0 saturated carbocycles. The van der Waals surface area contributed by atoms with Gasteiger partial charge in [0.15, 0.2) is 0 Å². The number of hydrogen-bond acceptors (Lipinski definition) is 4. The molecule has 0 aliphatic carbocycles. The Hall–Kier alpha value is -1.32. The molecule has 4 nitrogen and oxygen atoms in total. The minimum Gasteiger partial charge on any atom is -0.463 e. The number of unbranched alkanes of at least 4 members (excludes halogenated alkanes) is 2. The minimum atomic E-state index is -0.490. The fourth-order valence-corrected chi connectivity index (χ4v) is 2.09. The normalized spacial score (nSPS) is 12.4. The highest BCUT2D eigenvalue weighted by Gasteiger charge is 2.10. The Morgan fingerprint density at radius 1 is 0.667 bits per heavy atom. The lowest BCUT2D eigenvalue weighted by atomic mass is 9.90. The number of carbonyl (C=O) groups excluding carboxylic acids is 2. The molecule has 0 bridgehead atoms. The Bertz CT molecular complexity index is 359. The molecule has 0 amide bonds. The molecule has 0 atom stereocenters. The molecule has 0 aliphatic rings. The van der Waals surface area contributed by atoms with Gasteiger partial charge in [0.1, 0.15) is 0 Å². The van der Waals surface area contributed by atoms with Crippen LogP contribution in [0.4, 0.5) is 0 Å². The third-order valence-corrected chi connectivity index (χ3v) is 3.49. The molecule has 0 spiro atoms. The highest BCUT2D eigenvalue weighted by atomic mass is 16.5. The zero-order chi connectivity index (χ0) is 18.6. The first-order valence-corrected chi connectivity index (χ1v) is 9.01. The standard InChI is InChI=1S/C20H36O4/c1-19(2,3)13-7-9-15-23-17(21)11-12-18(22)24-16-10-8-14-20(4,5)6/h11-12H,7-10,13-16H2,1-6H3/b12-11+. The molecule has 0 radical (unpaired) electrons. The number of carbonyl (C=O) groups is 2. The molecule has 140 valence electrons. The van der Waals surface area contributed by atoms with E-state index in [4.69, 9.17) is 9.47 Å². The molecule has 0 N–H and O–H groups in total. The zero-order valence-electron chi connectivity index (χ0n) is 16.4. The summed E-state index contributed by atoms with van der Waals surface area (Å²) >= 11 is 0. The van der Waals surface area contributed by atoms with Crippen LogP contribution in [0.5, 0.6) is 0 Å². The number of hydrogen-bond donors (Lipinski definition) is 0. The van der Waals surface area contributed by atoms with E-state index in [1.807, 2.05) is 0 Å². The Kier molecular flexibility index (Phi) is 10.7. The Balaban J connectivity index is 3.69. The molecular formula is C20H36O4. The average Bonchev–Trinajstić information content (AvgIpc) is 2.42. The predicted molar refractivity (Wildman–Crippen MR) is 97.7 cm³/mol. The summed E-state index contributed by atoms with van der Waals surface area (Å²) in [4.78, 5) is 23.0. The van der Waals surface area contributed by atoms with Crippen LogP contribution in [0.15, 0.2) is 12.2 Å². The summed E-state index contributed by atoms with van der Waals surface area (Å²) in [6.07, 6.45) is 8.21. The van der Waals surface area contributed by atoms with Crippen LogP contribution in [-0.4, -0.2) is 25.2 Å². The fourth-order valence-electron chi connectivity index (χ4n) is 2.09. The van der Waals surface area contributed by atoms with Gasteiger partial charge in [0.05, 0.1) is 13.2 Å². The van der Waals surface area contributed by atoms with Gasteiger partial charge in [-0.05, 0) is 49.4 Å². The maximum atomic E-state index is 11.5. The molecule has 0 heterocycles. The molecule has 0 aliphatic heterocycles. The molecule has 0 aromatic rings. The maximum Gasteiger partial charge on any atom is 0.331 e. The van der Waals surface area contributed by atoms with Gasteiger partial charge in [0, 0.05) is 12.2 Å². The first-order chi connectivity index (χ1) is 11.0. The second-order valence-corrected chi connectivity index (χ2v) is 8.70. The summed E-state index contributed by atoms with van der Waals surface area (Å²) in [5.41, 5.74) is 0.612. The first kappa shape index (κ1) is 22.7. The monoisotopic (exact) mass is 340 g/mol. The van der Waals surface area contributed by atoms with E-state index in [1.165, 1.54) is 0 Å². The van der Waals surface area contributed by atoms with Gasteiger partial charge in [0.25, 0.3) is 0 Å². The quantitative estimate of drug-likeness (QED) is 0.317. The van der Waals surface area contributed by atoms with Gasteiger partial charge in [-0.25, -0.2) is 9.59 Å². The smallest absolute Gasteiger partial charge is 0.331 e. The topological polar surface area (TPSA) is 52.6 Å². The van der Waals surface area contributed by atoms with Crippen molar-refractivity contribution >= 4 is 11.9 Å². The van der Waals surface area contributed by atoms with E-state index >= 15 is 0 Å². The average molecular weight is 341 g/mol. The maximum absolute atomic E-state index is 11.5. The largest absolute Gasteiger partial charge is 0.463 e. The van der Waals surface area contributed by atoms with Crippen LogP contribution in [0.3, 0.4) is 0 Å². The van der Waals surface area contributed by atoms with Gasteiger partial charge < -0.3 is 9.47 Å². The Morgan fingerprint density at radius 3 is 1.29 bits per heavy atom. The van der Waals surface area contributed by atoms with E-state index in [-0.39, 0.29) is 0 Å². The third-order valence-electron chi connectivity index (χ3n) is 3.49. The summed E-state index contributed by atoms with van der Waals surface area (Å²) in [6.45, 7) is 13.9. The van der Waals surface area contributed by atoms with Crippen molar-refractivity contribution in [3.8, 4) is 0 Å². The summed E-state index contributed by atoms with van der Waals surface area (Å²) < 4.78 is 10.1. The van der Waals surface area contributed by atoms with Gasteiger partial charge >= 0.3 is 11.9 Å². The molecule has 0 rings (SSSR count). The van der Waals surface area contributed by atoms with E-state index in [0.29, 0.717) is 24.0 Å². The lowest BCUT2D eigenvalue weighted by Crippen LogP contribution is -2.08. The van der Waals surface area contributed by atoms with Crippen LogP contribution in [-0.2, 0) is 19.1 Å². The lowest BCUT2D eigenvalue weighted by Gasteiger charge is -2.17. The van der Waals surface area contributed by atoms with Gasteiger partial charge in [-0.15, -0.1) is 0 Å². The zero-order valence-corrected chi connectivity index (χ0v) is 16.4. The van der Waals surface area contributed by atoms with Crippen molar-refractivity contribution < 1.29 is 19.1 Å². The van der Waals surface area contributed by atoms with Crippen molar-refractivity contribution in [2.45, 2.75) is 80.1 Å². The van der Waals surface area contributed by atoms with Crippen LogP contribution in [0.1, 0.15) is 80.1 Å². The van der Waals surface area contributed by atoms with Crippen LogP contribution in [0.25, 0.3) is 0 Å². The van der Waals surface area contributed by atoms with E-state index in [9.17, 15) is 9.59 Å². The van der Waals surface area contributed by atoms with Crippen molar-refractivity contribution in [2.24, 2.45) is 10.8 Å². The summed E-state index contributed by atoms with van der Waals surface area (Å²) in [7, 11) is 0. The van der Waals surface area contributed by atoms with E-state index in [0.717, 1.165) is 50.7 Å². The van der Waals surface area contributed by atoms with Gasteiger partial charge in [-0.1, -0.05) is 41.5 Å². The van der Waals surface area contributed by atoms with Gasteiger partial charge in [0.2, 0.25) is 0 Å².